The molecule has 3 aromatic carbocycles. The Morgan fingerprint density at radius 3 is 2.25 bits per heavy atom. The molecule has 2 atom stereocenters. The highest BCUT2D eigenvalue weighted by Gasteiger charge is 2.38. The van der Waals surface area contributed by atoms with E-state index in [0.717, 1.165) is 12.0 Å². The number of hydrogen-bond donors (Lipinski definition) is 0. The molecule has 0 saturated carbocycles. The van der Waals surface area contributed by atoms with Crippen LogP contribution >= 0.6 is 0 Å². The quantitative estimate of drug-likeness (QED) is 0.328. The van der Waals surface area contributed by atoms with E-state index in [1.165, 1.54) is 17.7 Å². The van der Waals surface area contributed by atoms with E-state index in [2.05, 4.69) is 12.1 Å². The standard InChI is InChI=1S/C30H32FNO4/c1-2-35-17-16-30(34)32-21-24(18-22-6-4-3-5-7-22)19-28(32)29(33)20-23-8-12-26(13-9-23)36-27-14-10-25(31)11-15-27/h3-15,24,28H,2,16-21H2,1H3/t24-,28+/m1/s1. The van der Waals surface area contributed by atoms with Gasteiger partial charge in [0, 0.05) is 19.6 Å². The number of halogens is 1. The molecule has 36 heavy (non-hydrogen) atoms. The number of amides is 1. The molecule has 1 heterocycles. The number of nitrogens with zero attached hydrogens (tertiary/aromatic N) is 1. The van der Waals surface area contributed by atoms with Crippen molar-refractivity contribution in [1.29, 1.82) is 0 Å². The van der Waals surface area contributed by atoms with E-state index in [9.17, 15) is 14.0 Å². The zero-order chi connectivity index (χ0) is 25.3. The van der Waals surface area contributed by atoms with Crippen molar-refractivity contribution in [2.75, 3.05) is 19.8 Å². The van der Waals surface area contributed by atoms with E-state index < -0.39 is 6.04 Å². The molecule has 0 aromatic heterocycles. The number of rotatable bonds is 11. The number of carbonyl (C=O) groups is 2. The number of ether oxygens (including phenoxy) is 2. The molecule has 0 N–H and O–H groups in total. The van der Waals surface area contributed by atoms with Gasteiger partial charge in [0.15, 0.2) is 5.78 Å². The van der Waals surface area contributed by atoms with Gasteiger partial charge in [-0.05, 0) is 73.2 Å². The molecule has 188 valence electrons. The summed E-state index contributed by atoms with van der Waals surface area (Å²) in [4.78, 5) is 28.1. The summed E-state index contributed by atoms with van der Waals surface area (Å²) in [6.07, 6.45) is 2.04. The Morgan fingerprint density at radius 2 is 1.58 bits per heavy atom. The van der Waals surface area contributed by atoms with Crippen molar-refractivity contribution in [2.24, 2.45) is 5.92 Å². The molecule has 1 amide bonds. The Balaban J connectivity index is 1.40. The van der Waals surface area contributed by atoms with Crippen LogP contribution in [0.4, 0.5) is 4.39 Å². The van der Waals surface area contributed by atoms with Gasteiger partial charge in [-0.2, -0.15) is 0 Å². The van der Waals surface area contributed by atoms with Crippen LogP contribution in [-0.4, -0.2) is 42.4 Å². The summed E-state index contributed by atoms with van der Waals surface area (Å²) in [5.41, 5.74) is 2.08. The number of Topliss-reactive ketones (excluding diaryl/α,β-unsaturated/α-hetero) is 1. The van der Waals surface area contributed by atoms with Gasteiger partial charge in [-0.15, -0.1) is 0 Å². The molecule has 5 nitrogen and oxygen atoms in total. The Morgan fingerprint density at radius 1 is 0.917 bits per heavy atom. The summed E-state index contributed by atoms with van der Waals surface area (Å²) < 4.78 is 24.2. The molecule has 0 radical (unpaired) electrons. The van der Waals surface area contributed by atoms with Crippen LogP contribution in [0.1, 0.15) is 30.9 Å². The molecule has 1 aliphatic rings. The number of likely N-dealkylation sites (tertiary alicyclic amines) is 1. The van der Waals surface area contributed by atoms with Gasteiger partial charge in [-0.3, -0.25) is 9.59 Å². The van der Waals surface area contributed by atoms with Gasteiger partial charge in [0.1, 0.15) is 17.3 Å². The van der Waals surface area contributed by atoms with Crippen LogP contribution < -0.4 is 4.74 Å². The predicted molar refractivity (Wildman–Crippen MR) is 136 cm³/mol. The third kappa shape index (κ3) is 7.01. The number of hydrogen-bond acceptors (Lipinski definition) is 4. The molecule has 3 aromatic rings. The summed E-state index contributed by atoms with van der Waals surface area (Å²) in [5.74, 6) is 1.08. The number of ketones is 1. The molecule has 4 rings (SSSR count). The molecule has 1 fully saturated rings. The topological polar surface area (TPSA) is 55.8 Å². The zero-order valence-corrected chi connectivity index (χ0v) is 20.6. The van der Waals surface area contributed by atoms with Crippen LogP contribution in [-0.2, 0) is 27.2 Å². The first-order chi connectivity index (χ1) is 17.5. The van der Waals surface area contributed by atoms with Gasteiger partial charge >= 0.3 is 0 Å². The normalized spacial score (nSPS) is 17.2. The number of carbonyl (C=O) groups excluding carboxylic acids is 2. The Labute approximate surface area is 211 Å². The van der Waals surface area contributed by atoms with Crippen molar-refractivity contribution in [2.45, 2.75) is 38.6 Å². The van der Waals surface area contributed by atoms with Crippen LogP contribution in [0.2, 0.25) is 0 Å². The fourth-order valence-electron chi connectivity index (χ4n) is 4.68. The maximum absolute atomic E-state index is 13.4. The molecule has 1 saturated heterocycles. The molecule has 0 bridgehead atoms. The molecular formula is C30H32FNO4. The molecule has 0 spiro atoms. The molecular weight excluding hydrogens is 457 g/mol. The lowest BCUT2D eigenvalue weighted by Crippen LogP contribution is -2.41. The number of benzene rings is 3. The zero-order valence-electron chi connectivity index (χ0n) is 20.6. The summed E-state index contributed by atoms with van der Waals surface area (Å²) in [6, 6.07) is 22.9. The predicted octanol–water partition coefficient (Wildman–Crippen LogP) is 5.62. The van der Waals surface area contributed by atoms with E-state index in [0.29, 0.717) is 37.7 Å². The fraction of sp³-hybridized carbons (Fsp3) is 0.333. The van der Waals surface area contributed by atoms with E-state index in [4.69, 9.17) is 9.47 Å². The highest BCUT2D eigenvalue weighted by molar-refractivity contribution is 5.91. The van der Waals surface area contributed by atoms with Gasteiger partial charge < -0.3 is 14.4 Å². The lowest BCUT2D eigenvalue weighted by molar-refractivity contribution is -0.138. The van der Waals surface area contributed by atoms with Gasteiger partial charge in [-0.1, -0.05) is 42.5 Å². The Bertz CT molecular complexity index is 1130. The van der Waals surface area contributed by atoms with Crippen LogP contribution in [0.25, 0.3) is 0 Å². The highest BCUT2D eigenvalue weighted by atomic mass is 19.1. The first-order valence-corrected chi connectivity index (χ1v) is 12.5. The second kappa shape index (κ2) is 12.5. The minimum absolute atomic E-state index is 0.0274. The van der Waals surface area contributed by atoms with Crippen LogP contribution in [0.15, 0.2) is 78.9 Å². The van der Waals surface area contributed by atoms with Gasteiger partial charge in [-0.25, -0.2) is 4.39 Å². The lowest BCUT2D eigenvalue weighted by atomic mass is 9.94. The lowest BCUT2D eigenvalue weighted by Gasteiger charge is -2.24. The summed E-state index contributed by atoms with van der Waals surface area (Å²) in [5, 5.41) is 0. The second-order valence-electron chi connectivity index (χ2n) is 9.14. The average molecular weight is 490 g/mol. The third-order valence-electron chi connectivity index (χ3n) is 6.46. The minimum Gasteiger partial charge on any atom is -0.457 e. The van der Waals surface area contributed by atoms with Crippen molar-refractivity contribution in [1.82, 2.24) is 4.90 Å². The van der Waals surface area contributed by atoms with Crippen molar-refractivity contribution in [3.63, 3.8) is 0 Å². The van der Waals surface area contributed by atoms with E-state index >= 15 is 0 Å². The summed E-state index contributed by atoms with van der Waals surface area (Å²) in [7, 11) is 0. The summed E-state index contributed by atoms with van der Waals surface area (Å²) in [6.45, 7) is 3.41. The SMILES string of the molecule is CCOCCC(=O)N1C[C@H](Cc2ccccc2)C[C@H]1C(=O)Cc1ccc(Oc2ccc(F)cc2)cc1. The Kier molecular flexibility index (Phi) is 8.85. The van der Waals surface area contributed by atoms with E-state index in [1.54, 1.807) is 29.2 Å². The smallest absolute Gasteiger partial charge is 0.225 e. The van der Waals surface area contributed by atoms with Gasteiger partial charge in [0.25, 0.3) is 0 Å². The second-order valence-corrected chi connectivity index (χ2v) is 9.14. The van der Waals surface area contributed by atoms with Crippen LogP contribution in [0.5, 0.6) is 11.5 Å². The minimum atomic E-state index is -0.428. The third-order valence-corrected chi connectivity index (χ3v) is 6.46. The Hall–Kier alpha value is -3.51. The first-order valence-electron chi connectivity index (χ1n) is 12.5. The average Bonchev–Trinajstić information content (AvgIpc) is 3.31. The first kappa shape index (κ1) is 25.6. The van der Waals surface area contributed by atoms with Crippen molar-refractivity contribution < 1.29 is 23.5 Å². The molecule has 0 unspecified atom stereocenters. The molecule has 1 aliphatic heterocycles. The van der Waals surface area contributed by atoms with Crippen molar-refractivity contribution in [3.8, 4) is 11.5 Å². The maximum atomic E-state index is 13.4. The summed E-state index contributed by atoms with van der Waals surface area (Å²) >= 11 is 0. The monoisotopic (exact) mass is 489 g/mol. The van der Waals surface area contributed by atoms with Crippen molar-refractivity contribution >= 4 is 11.7 Å². The fourth-order valence-corrected chi connectivity index (χ4v) is 4.68. The van der Waals surface area contributed by atoms with E-state index in [1.807, 2.05) is 37.3 Å². The van der Waals surface area contributed by atoms with Crippen LogP contribution in [0, 0.1) is 11.7 Å². The molecule has 0 aliphatic carbocycles. The molecule has 6 heteroatoms. The van der Waals surface area contributed by atoms with Crippen LogP contribution in [0.3, 0.4) is 0 Å². The van der Waals surface area contributed by atoms with Crippen molar-refractivity contribution in [3.05, 3.63) is 95.8 Å². The van der Waals surface area contributed by atoms with Gasteiger partial charge in [0.05, 0.1) is 19.1 Å². The maximum Gasteiger partial charge on any atom is 0.225 e. The van der Waals surface area contributed by atoms with E-state index in [-0.39, 0.29) is 36.3 Å². The highest BCUT2D eigenvalue weighted by Crippen LogP contribution is 2.29. The largest absolute Gasteiger partial charge is 0.457 e. The van der Waals surface area contributed by atoms with Gasteiger partial charge in [0.2, 0.25) is 5.91 Å².